The first-order chi connectivity index (χ1) is 10.0. The number of urea groups is 1. The lowest BCUT2D eigenvalue weighted by Gasteiger charge is -2.31. The minimum atomic E-state index is -0.968. The van der Waals surface area contributed by atoms with Crippen LogP contribution in [0.25, 0.3) is 0 Å². The predicted octanol–water partition coefficient (Wildman–Crippen LogP) is 2.55. The third kappa shape index (κ3) is 5.02. The topological polar surface area (TPSA) is 78.9 Å². The molecule has 0 radical (unpaired) electrons. The summed E-state index contributed by atoms with van der Waals surface area (Å²) in [7, 11) is 0. The maximum absolute atomic E-state index is 12.1. The second kappa shape index (κ2) is 7.42. The first kappa shape index (κ1) is 15.8. The van der Waals surface area contributed by atoms with Crippen LogP contribution in [0.15, 0.2) is 28.7 Å². The van der Waals surface area contributed by atoms with Crippen molar-refractivity contribution >= 4 is 33.6 Å². The van der Waals surface area contributed by atoms with E-state index >= 15 is 0 Å². The summed E-state index contributed by atoms with van der Waals surface area (Å²) >= 11 is 3.36. The van der Waals surface area contributed by atoms with Crippen molar-refractivity contribution in [2.75, 3.05) is 25.0 Å². The number of carbonyl (C=O) groups excluding carboxylic acids is 1. The summed E-state index contributed by atoms with van der Waals surface area (Å²) in [5, 5.41) is 11.4. The number of carboxylic acid groups (broad SMARTS) is 1. The molecule has 21 heavy (non-hydrogen) atoms. The van der Waals surface area contributed by atoms with Crippen LogP contribution in [0.3, 0.4) is 0 Å². The number of rotatable bonds is 4. The molecule has 1 aromatic rings. The van der Waals surface area contributed by atoms with Gasteiger partial charge in [0.05, 0.1) is 6.10 Å². The highest BCUT2D eigenvalue weighted by molar-refractivity contribution is 9.10. The van der Waals surface area contributed by atoms with Gasteiger partial charge in [0.2, 0.25) is 0 Å². The Kier molecular flexibility index (Phi) is 5.58. The maximum atomic E-state index is 12.1. The van der Waals surface area contributed by atoms with Gasteiger partial charge in [0, 0.05) is 23.2 Å². The van der Waals surface area contributed by atoms with Gasteiger partial charge in [-0.3, -0.25) is 0 Å². The number of anilines is 1. The summed E-state index contributed by atoms with van der Waals surface area (Å²) in [4.78, 5) is 24.3. The largest absolute Gasteiger partial charge is 0.480 e. The summed E-state index contributed by atoms with van der Waals surface area (Å²) < 4.78 is 6.15. The molecule has 0 atom stereocenters. The molecular formula is C14H17BrN2O4. The van der Waals surface area contributed by atoms with Gasteiger partial charge in [0.25, 0.3) is 0 Å². The fraction of sp³-hybridized carbons (Fsp3) is 0.429. The number of halogens is 1. The maximum Gasteiger partial charge on any atom is 0.329 e. The lowest BCUT2D eigenvalue weighted by molar-refractivity contribution is -0.145. The Bertz CT molecular complexity index is 515. The zero-order chi connectivity index (χ0) is 15.2. The minimum absolute atomic E-state index is 0.0870. The van der Waals surface area contributed by atoms with E-state index in [-0.39, 0.29) is 18.7 Å². The first-order valence-corrected chi connectivity index (χ1v) is 7.49. The van der Waals surface area contributed by atoms with E-state index in [9.17, 15) is 9.59 Å². The van der Waals surface area contributed by atoms with Gasteiger partial charge >= 0.3 is 12.0 Å². The number of nitrogens with one attached hydrogen (secondary N) is 1. The molecule has 1 aliphatic heterocycles. The first-order valence-electron chi connectivity index (χ1n) is 6.69. The van der Waals surface area contributed by atoms with Gasteiger partial charge in [-0.1, -0.05) is 22.0 Å². The number of hydrogen-bond donors (Lipinski definition) is 2. The number of likely N-dealkylation sites (tertiary alicyclic amines) is 1. The number of amides is 2. The third-order valence-electron chi connectivity index (χ3n) is 3.25. The van der Waals surface area contributed by atoms with E-state index in [1.807, 2.05) is 24.3 Å². The van der Waals surface area contributed by atoms with Crippen molar-refractivity contribution < 1.29 is 19.4 Å². The van der Waals surface area contributed by atoms with Gasteiger partial charge in [-0.25, -0.2) is 9.59 Å². The van der Waals surface area contributed by atoms with Crippen molar-refractivity contribution in [3.05, 3.63) is 28.7 Å². The third-order valence-corrected chi connectivity index (χ3v) is 3.74. The molecule has 2 amide bonds. The smallest absolute Gasteiger partial charge is 0.329 e. The summed E-state index contributed by atoms with van der Waals surface area (Å²) in [6, 6.07) is 7.25. The van der Waals surface area contributed by atoms with Crippen LogP contribution in [0.4, 0.5) is 10.5 Å². The molecule has 1 fully saturated rings. The second-order valence-electron chi connectivity index (χ2n) is 4.83. The van der Waals surface area contributed by atoms with E-state index in [1.165, 1.54) is 0 Å². The molecule has 114 valence electrons. The van der Waals surface area contributed by atoms with Crippen molar-refractivity contribution in [2.45, 2.75) is 18.9 Å². The monoisotopic (exact) mass is 356 g/mol. The van der Waals surface area contributed by atoms with Crippen molar-refractivity contribution in [1.82, 2.24) is 4.90 Å². The molecule has 1 heterocycles. The standard InChI is InChI=1S/C14H17BrN2O4/c15-10-2-1-3-11(8-10)16-14(20)17-6-4-12(5-7-17)21-9-13(18)19/h1-3,8,12H,4-7,9H2,(H,16,20)(H,18,19). The summed E-state index contributed by atoms with van der Waals surface area (Å²) in [5.74, 6) is -0.968. The van der Waals surface area contributed by atoms with Gasteiger partial charge in [0.1, 0.15) is 6.61 Å². The Morgan fingerprint density at radius 3 is 2.71 bits per heavy atom. The van der Waals surface area contributed by atoms with Gasteiger partial charge in [-0.15, -0.1) is 0 Å². The Labute approximate surface area is 131 Å². The summed E-state index contributed by atoms with van der Waals surface area (Å²) in [6.45, 7) is 0.836. The predicted molar refractivity (Wildman–Crippen MR) is 81.3 cm³/mol. The van der Waals surface area contributed by atoms with Crippen LogP contribution in [0.5, 0.6) is 0 Å². The molecule has 6 nitrogen and oxygen atoms in total. The highest BCUT2D eigenvalue weighted by atomic mass is 79.9. The number of carbonyl (C=O) groups is 2. The van der Waals surface area contributed by atoms with E-state index in [0.717, 1.165) is 10.2 Å². The van der Waals surface area contributed by atoms with Crippen LogP contribution in [0.2, 0.25) is 0 Å². The lowest BCUT2D eigenvalue weighted by Crippen LogP contribution is -2.43. The van der Waals surface area contributed by atoms with Crippen LogP contribution in [-0.2, 0) is 9.53 Å². The molecule has 2 N–H and O–H groups in total. The Morgan fingerprint density at radius 2 is 2.10 bits per heavy atom. The fourth-order valence-corrected chi connectivity index (χ4v) is 2.58. The quantitative estimate of drug-likeness (QED) is 0.868. The van der Waals surface area contributed by atoms with Crippen molar-refractivity contribution in [1.29, 1.82) is 0 Å². The molecule has 2 rings (SSSR count). The van der Waals surface area contributed by atoms with E-state index < -0.39 is 5.97 Å². The van der Waals surface area contributed by atoms with Gasteiger partial charge in [0.15, 0.2) is 0 Å². The average Bonchev–Trinajstić information content (AvgIpc) is 2.45. The highest BCUT2D eigenvalue weighted by Crippen LogP contribution is 2.18. The van der Waals surface area contributed by atoms with Crippen LogP contribution in [-0.4, -0.2) is 47.8 Å². The van der Waals surface area contributed by atoms with Crippen LogP contribution >= 0.6 is 15.9 Å². The molecule has 0 saturated carbocycles. The molecule has 0 unspecified atom stereocenters. The number of carboxylic acids is 1. The molecule has 1 aromatic carbocycles. The van der Waals surface area contributed by atoms with E-state index in [1.54, 1.807) is 4.90 Å². The zero-order valence-electron chi connectivity index (χ0n) is 11.4. The molecule has 0 spiro atoms. The van der Waals surface area contributed by atoms with Crippen LogP contribution < -0.4 is 5.32 Å². The summed E-state index contributed by atoms with van der Waals surface area (Å²) in [6.07, 6.45) is 1.22. The Morgan fingerprint density at radius 1 is 1.38 bits per heavy atom. The number of nitrogens with zero attached hydrogens (tertiary/aromatic N) is 1. The Balaban J connectivity index is 1.79. The van der Waals surface area contributed by atoms with Crippen LogP contribution in [0.1, 0.15) is 12.8 Å². The molecule has 7 heteroatoms. The highest BCUT2D eigenvalue weighted by Gasteiger charge is 2.23. The molecular weight excluding hydrogens is 340 g/mol. The minimum Gasteiger partial charge on any atom is -0.480 e. The molecule has 1 saturated heterocycles. The second-order valence-corrected chi connectivity index (χ2v) is 5.75. The van der Waals surface area contributed by atoms with Gasteiger partial charge < -0.3 is 20.1 Å². The van der Waals surface area contributed by atoms with Gasteiger partial charge in [-0.05, 0) is 31.0 Å². The number of piperidine rings is 1. The molecule has 0 aliphatic carbocycles. The van der Waals surface area contributed by atoms with E-state index in [2.05, 4.69) is 21.2 Å². The lowest BCUT2D eigenvalue weighted by atomic mass is 10.1. The van der Waals surface area contributed by atoms with Crippen LogP contribution in [0, 0.1) is 0 Å². The molecule has 0 aromatic heterocycles. The Hall–Kier alpha value is -1.60. The zero-order valence-corrected chi connectivity index (χ0v) is 13.0. The average molecular weight is 357 g/mol. The fourth-order valence-electron chi connectivity index (χ4n) is 2.18. The van der Waals surface area contributed by atoms with E-state index in [0.29, 0.717) is 25.9 Å². The molecule has 1 aliphatic rings. The van der Waals surface area contributed by atoms with Crippen molar-refractivity contribution in [2.24, 2.45) is 0 Å². The number of hydrogen-bond acceptors (Lipinski definition) is 3. The molecule has 0 bridgehead atoms. The number of benzene rings is 1. The normalized spacial score (nSPS) is 15.8. The SMILES string of the molecule is O=C(O)COC1CCN(C(=O)Nc2cccc(Br)c2)CC1. The van der Waals surface area contributed by atoms with Gasteiger partial charge in [-0.2, -0.15) is 0 Å². The van der Waals surface area contributed by atoms with Crippen molar-refractivity contribution in [3.8, 4) is 0 Å². The number of aliphatic carboxylic acids is 1. The van der Waals surface area contributed by atoms with E-state index in [4.69, 9.17) is 9.84 Å². The summed E-state index contributed by atoms with van der Waals surface area (Å²) in [5.41, 5.74) is 0.735. The number of ether oxygens (including phenoxy) is 1. The van der Waals surface area contributed by atoms with Crippen molar-refractivity contribution in [3.63, 3.8) is 0 Å².